The number of alkyl halides is 2. The fourth-order valence-electron chi connectivity index (χ4n) is 2.81. The normalized spacial score (nSPS) is 11.6. The van der Waals surface area contributed by atoms with Crippen molar-refractivity contribution in [3.8, 4) is 16.5 Å². The van der Waals surface area contributed by atoms with E-state index in [1.54, 1.807) is 12.1 Å². The van der Waals surface area contributed by atoms with Crippen LogP contribution in [0.1, 0.15) is 11.1 Å². The Labute approximate surface area is 155 Å². The van der Waals surface area contributed by atoms with Gasteiger partial charge in [-0.15, -0.1) is 11.3 Å². The molecule has 0 aliphatic carbocycles. The molecule has 4 rings (SSSR count). The van der Waals surface area contributed by atoms with Crippen molar-refractivity contribution in [2.75, 3.05) is 0 Å². The highest BCUT2D eigenvalue weighted by atomic mass is 32.1. The zero-order valence-corrected chi connectivity index (χ0v) is 14.7. The van der Waals surface area contributed by atoms with Crippen molar-refractivity contribution in [2.24, 2.45) is 0 Å². The third kappa shape index (κ3) is 3.31. The van der Waals surface area contributed by atoms with Gasteiger partial charge in [-0.05, 0) is 42.3 Å². The van der Waals surface area contributed by atoms with Crippen LogP contribution in [0.4, 0.5) is 13.2 Å². The van der Waals surface area contributed by atoms with Crippen LogP contribution >= 0.6 is 11.3 Å². The number of aryl methyl sites for hydroxylation is 1. The zero-order valence-electron chi connectivity index (χ0n) is 13.9. The minimum Gasteiger partial charge on any atom is -0.415 e. The molecule has 1 N–H and O–H groups in total. The third-order valence-corrected chi connectivity index (χ3v) is 4.94. The minimum atomic E-state index is -2.99. The Kier molecular flexibility index (Phi) is 4.40. The van der Waals surface area contributed by atoms with Crippen LogP contribution in [-0.2, 0) is 6.61 Å². The molecule has 5 nitrogen and oxygen atoms in total. The first-order chi connectivity index (χ1) is 12.9. The number of aromatic nitrogens is 3. The molecule has 0 radical (unpaired) electrons. The van der Waals surface area contributed by atoms with Gasteiger partial charge in [0.2, 0.25) is 5.88 Å². The maximum atomic E-state index is 14.2. The molecule has 0 aliphatic heterocycles. The summed E-state index contributed by atoms with van der Waals surface area (Å²) in [6, 6.07) is 6.45. The van der Waals surface area contributed by atoms with Gasteiger partial charge < -0.3 is 9.84 Å². The molecule has 138 valence electrons. The number of benzene rings is 2. The van der Waals surface area contributed by atoms with E-state index in [0.29, 0.717) is 31.9 Å². The van der Waals surface area contributed by atoms with Crippen molar-refractivity contribution in [2.45, 2.75) is 20.1 Å². The number of aliphatic hydroxyl groups is 1. The summed E-state index contributed by atoms with van der Waals surface area (Å²) in [6.45, 7) is -1.44. The highest BCUT2D eigenvalue weighted by Gasteiger charge is 2.16. The van der Waals surface area contributed by atoms with Crippen LogP contribution in [0.3, 0.4) is 0 Å². The Morgan fingerprint density at radius 2 is 1.96 bits per heavy atom. The summed E-state index contributed by atoms with van der Waals surface area (Å²) in [5, 5.41) is 9.76. The fraction of sp³-hybridized carbons (Fsp3) is 0.167. The van der Waals surface area contributed by atoms with E-state index in [1.165, 1.54) is 17.4 Å². The molecule has 0 saturated carbocycles. The van der Waals surface area contributed by atoms with E-state index in [9.17, 15) is 18.3 Å². The predicted octanol–water partition coefficient (Wildman–Crippen LogP) is 4.45. The first-order valence-corrected chi connectivity index (χ1v) is 8.68. The average Bonchev–Trinajstić information content (AvgIpc) is 3.04. The molecule has 27 heavy (non-hydrogen) atoms. The Bertz CT molecular complexity index is 1160. The molecule has 0 fully saturated rings. The largest absolute Gasteiger partial charge is 0.415 e. The van der Waals surface area contributed by atoms with Crippen molar-refractivity contribution in [3.05, 3.63) is 47.4 Å². The predicted molar refractivity (Wildman–Crippen MR) is 95.4 cm³/mol. The van der Waals surface area contributed by atoms with E-state index in [0.717, 1.165) is 11.8 Å². The fourth-order valence-corrected chi connectivity index (χ4v) is 3.87. The summed E-state index contributed by atoms with van der Waals surface area (Å²) in [5.74, 6) is -0.799. The van der Waals surface area contributed by atoms with Gasteiger partial charge in [0.15, 0.2) is 5.82 Å². The Morgan fingerprint density at radius 3 is 2.70 bits per heavy atom. The Hall–Kier alpha value is -2.78. The van der Waals surface area contributed by atoms with Gasteiger partial charge in [-0.2, -0.15) is 8.78 Å². The maximum Gasteiger partial charge on any atom is 0.388 e. The topological polar surface area (TPSA) is 68.1 Å². The van der Waals surface area contributed by atoms with E-state index in [2.05, 4.69) is 19.7 Å². The van der Waals surface area contributed by atoms with E-state index in [1.807, 2.05) is 13.0 Å². The highest BCUT2D eigenvalue weighted by Crippen LogP contribution is 2.36. The Balaban J connectivity index is 1.90. The van der Waals surface area contributed by atoms with Gasteiger partial charge in [0.25, 0.3) is 0 Å². The number of fused-ring (bicyclic) bond motifs is 2. The molecular weight excluding hydrogens is 379 g/mol. The molecule has 0 atom stereocenters. The summed E-state index contributed by atoms with van der Waals surface area (Å²) in [4.78, 5) is 12.6. The number of aliphatic hydroxyl groups excluding tert-OH is 1. The molecule has 0 bridgehead atoms. The number of hydrogen-bond acceptors (Lipinski definition) is 6. The number of rotatable bonds is 4. The number of nitrogens with zero attached hydrogens (tertiary/aromatic N) is 3. The van der Waals surface area contributed by atoms with Gasteiger partial charge in [-0.1, -0.05) is 0 Å². The van der Waals surface area contributed by atoms with E-state index >= 15 is 0 Å². The van der Waals surface area contributed by atoms with E-state index in [-0.39, 0.29) is 18.0 Å². The minimum absolute atomic E-state index is 0.201. The van der Waals surface area contributed by atoms with Crippen molar-refractivity contribution in [1.82, 2.24) is 15.0 Å². The van der Waals surface area contributed by atoms with E-state index in [4.69, 9.17) is 0 Å². The first kappa shape index (κ1) is 17.6. The van der Waals surface area contributed by atoms with Crippen LogP contribution in [-0.4, -0.2) is 26.7 Å². The third-order valence-electron chi connectivity index (χ3n) is 3.90. The van der Waals surface area contributed by atoms with Gasteiger partial charge in [-0.3, -0.25) is 0 Å². The number of halogens is 3. The SMILES string of the molecule is Cc1cc(-c2nc3c(F)cc(CO)cc3s2)c2ncc(OC(F)F)nc2c1. The van der Waals surface area contributed by atoms with Gasteiger partial charge >= 0.3 is 6.61 Å². The molecule has 2 heterocycles. The lowest BCUT2D eigenvalue weighted by Gasteiger charge is -2.07. The highest BCUT2D eigenvalue weighted by molar-refractivity contribution is 7.21. The lowest BCUT2D eigenvalue weighted by atomic mass is 10.1. The summed E-state index contributed by atoms with van der Waals surface area (Å²) < 4.78 is 44.0. The lowest BCUT2D eigenvalue weighted by Crippen LogP contribution is -2.04. The van der Waals surface area contributed by atoms with Crippen LogP contribution in [0.15, 0.2) is 30.5 Å². The zero-order chi connectivity index (χ0) is 19.1. The Morgan fingerprint density at radius 1 is 1.15 bits per heavy atom. The molecular formula is C18H12F3N3O2S. The second-order valence-electron chi connectivity index (χ2n) is 5.87. The second-order valence-corrected chi connectivity index (χ2v) is 6.90. The standard InChI is InChI=1S/C18H12F3N3O2S/c1-8-2-10(15-12(3-8)23-14(6-22-15)26-18(20)21)17-24-16-11(19)4-9(7-25)5-13(16)27-17/h2-6,18,25H,7H2,1H3. The van der Waals surface area contributed by atoms with Crippen LogP contribution in [0, 0.1) is 12.7 Å². The molecule has 0 saturated heterocycles. The first-order valence-electron chi connectivity index (χ1n) is 7.87. The van der Waals surface area contributed by atoms with Gasteiger partial charge in [-0.25, -0.2) is 19.3 Å². The van der Waals surface area contributed by atoms with Crippen LogP contribution < -0.4 is 4.74 Å². The average molecular weight is 391 g/mol. The van der Waals surface area contributed by atoms with Crippen molar-refractivity contribution in [1.29, 1.82) is 0 Å². The second kappa shape index (κ2) is 6.75. The molecule has 4 aromatic rings. The molecule has 9 heteroatoms. The molecule has 0 amide bonds. The molecule has 2 aromatic heterocycles. The van der Waals surface area contributed by atoms with Gasteiger partial charge in [0.1, 0.15) is 10.5 Å². The lowest BCUT2D eigenvalue weighted by molar-refractivity contribution is -0.0528. The number of hydrogen-bond donors (Lipinski definition) is 1. The van der Waals surface area contributed by atoms with Crippen LogP contribution in [0.2, 0.25) is 0 Å². The smallest absolute Gasteiger partial charge is 0.388 e. The van der Waals surface area contributed by atoms with E-state index < -0.39 is 12.4 Å². The van der Waals surface area contributed by atoms with Crippen molar-refractivity contribution >= 4 is 32.6 Å². The summed E-state index contributed by atoms with van der Waals surface area (Å²) in [5.41, 5.74) is 2.91. The molecule has 0 aliphatic rings. The summed E-state index contributed by atoms with van der Waals surface area (Å²) in [7, 11) is 0. The van der Waals surface area contributed by atoms with Crippen molar-refractivity contribution in [3.63, 3.8) is 0 Å². The quantitative estimate of drug-likeness (QED) is 0.557. The summed E-state index contributed by atoms with van der Waals surface area (Å²) in [6.07, 6.45) is 1.12. The maximum absolute atomic E-state index is 14.2. The van der Waals surface area contributed by atoms with Gasteiger partial charge in [0, 0.05) is 5.56 Å². The molecule has 0 unspecified atom stereocenters. The number of ether oxygens (including phenoxy) is 1. The van der Waals surface area contributed by atoms with Crippen molar-refractivity contribution < 1.29 is 23.0 Å². The monoisotopic (exact) mass is 391 g/mol. The molecule has 2 aromatic carbocycles. The number of thiazole rings is 1. The van der Waals surface area contributed by atoms with Crippen LogP contribution in [0.5, 0.6) is 5.88 Å². The summed E-state index contributed by atoms with van der Waals surface area (Å²) >= 11 is 1.25. The molecule has 0 spiro atoms. The van der Waals surface area contributed by atoms with Gasteiger partial charge in [0.05, 0.1) is 28.5 Å². The van der Waals surface area contributed by atoms with Crippen LogP contribution in [0.25, 0.3) is 31.8 Å².